The molecule has 0 radical (unpaired) electrons. The number of rotatable bonds is 5. The highest BCUT2D eigenvalue weighted by atomic mass is 16.3. The van der Waals surface area contributed by atoms with Crippen molar-refractivity contribution in [2.75, 3.05) is 0 Å². The molecule has 0 aliphatic rings. The molecule has 4 heteroatoms. The molecule has 0 atom stereocenters. The first-order chi connectivity index (χ1) is 24.2. The van der Waals surface area contributed by atoms with Crippen molar-refractivity contribution < 1.29 is 4.42 Å². The first kappa shape index (κ1) is 28.7. The summed E-state index contributed by atoms with van der Waals surface area (Å²) in [5, 5.41) is 9.05. The van der Waals surface area contributed by atoms with Crippen molar-refractivity contribution in [3.63, 3.8) is 0 Å². The minimum Gasteiger partial charge on any atom is -0.455 e. The lowest BCUT2D eigenvalue weighted by atomic mass is 9.92. The van der Waals surface area contributed by atoms with Gasteiger partial charge in [0.2, 0.25) is 0 Å². The Balaban J connectivity index is 1.21. The Morgan fingerprint density at radius 1 is 0.531 bits per heavy atom. The summed E-state index contributed by atoms with van der Waals surface area (Å²) in [6.45, 7) is 0.488. The highest BCUT2D eigenvalue weighted by molar-refractivity contribution is 6.23. The van der Waals surface area contributed by atoms with E-state index in [-0.39, 0.29) is 0 Å². The molecule has 0 amide bonds. The summed E-state index contributed by atoms with van der Waals surface area (Å²) in [4.78, 5) is 10.0. The molecule has 0 aliphatic carbocycles. The maximum absolute atomic E-state index is 6.94. The maximum atomic E-state index is 6.94. The third-order valence-electron chi connectivity index (χ3n) is 9.35. The van der Waals surface area contributed by atoms with Crippen LogP contribution in [0.5, 0.6) is 0 Å². The van der Waals surface area contributed by atoms with Crippen molar-refractivity contribution in [1.82, 2.24) is 0 Å². The molecule has 0 saturated heterocycles. The number of benzene rings is 8. The summed E-state index contributed by atoms with van der Waals surface area (Å²) in [5.74, 6) is 0.968. The predicted molar refractivity (Wildman–Crippen MR) is 206 cm³/mol. The van der Waals surface area contributed by atoms with Gasteiger partial charge in [-0.15, -0.1) is 0 Å². The van der Waals surface area contributed by atoms with Crippen LogP contribution in [-0.2, 0) is 6.54 Å². The van der Waals surface area contributed by atoms with E-state index in [1.807, 2.05) is 48.5 Å². The van der Waals surface area contributed by atoms with Gasteiger partial charge in [-0.25, -0.2) is 4.99 Å². The fourth-order valence-corrected chi connectivity index (χ4v) is 6.99. The fourth-order valence-electron chi connectivity index (χ4n) is 6.99. The SMILES string of the molecule is N/C(=N\C(=N/Cc1ccccc1)c1ccc2ccccc2c1)c1cccc2oc3c(-c4cc5ccccc5c5ccccc45)cccc3c12. The number of hydrogen-bond acceptors (Lipinski definition) is 2. The molecule has 2 N–H and O–H groups in total. The number of aliphatic imine (C=N–C) groups is 2. The van der Waals surface area contributed by atoms with E-state index in [0.717, 1.165) is 60.5 Å². The lowest BCUT2D eigenvalue weighted by Crippen LogP contribution is -2.17. The van der Waals surface area contributed by atoms with Crippen LogP contribution in [0.1, 0.15) is 16.7 Å². The lowest BCUT2D eigenvalue weighted by molar-refractivity contribution is 0.670. The van der Waals surface area contributed by atoms with Crippen molar-refractivity contribution in [2.45, 2.75) is 6.54 Å². The third kappa shape index (κ3) is 5.11. The second-order valence-corrected chi connectivity index (χ2v) is 12.3. The van der Waals surface area contributed by atoms with Crippen LogP contribution in [0.3, 0.4) is 0 Å². The highest BCUT2D eigenvalue weighted by Gasteiger charge is 2.19. The molecular formula is C45H31N3O. The normalized spacial score (nSPS) is 12.5. The van der Waals surface area contributed by atoms with E-state index in [1.165, 1.54) is 21.5 Å². The van der Waals surface area contributed by atoms with Gasteiger partial charge in [-0.1, -0.05) is 146 Å². The van der Waals surface area contributed by atoms with Crippen molar-refractivity contribution in [3.05, 3.63) is 180 Å². The molecule has 8 aromatic carbocycles. The summed E-state index contributed by atoms with van der Waals surface area (Å²) < 4.78 is 6.69. The molecule has 232 valence electrons. The van der Waals surface area contributed by atoms with Gasteiger partial charge < -0.3 is 10.2 Å². The minimum atomic E-state index is 0.384. The fraction of sp³-hybridized carbons (Fsp3) is 0.0222. The molecule has 1 heterocycles. The van der Waals surface area contributed by atoms with Gasteiger partial charge in [-0.3, -0.25) is 4.99 Å². The number of hydrogen-bond donors (Lipinski definition) is 1. The van der Waals surface area contributed by atoms with Gasteiger partial charge >= 0.3 is 0 Å². The van der Waals surface area contributed by atoms with E-state index in [0.29, 0.717) is 18.2 Å². The topological polar surface area (TPSA) is 63.9 Å². The number of para-hydroxylation sites is 1. The van der Waals surface area contributed by atoms with Crippen LogP contribution < -0.4 is 5.73 Å². The van der Waals surface area contributed by atoms with Gasteiger partial charge in [0, 0.05) is 27.5 Å². The number of nitrogens with two attached hydrogens (primary N) is 1. The molecule has 1 aromatic heterocycles. The van der Waals surface area contributed by atoms with Crippen LogP contribution >= 0.6 is 0 Å². The average molecular weight is 630 g/mol. The monoisotopic (exact) mass is 629 g/mol. The Morgan fingerprint density at radius 2 is 1.22 bits per heavy atom. The van der Waals surface area contributed by atoms with Gasteiger partial charge in [0.05, 0.1) is 6.54 Å². The minimum absolute atomic E-state index is 0.384. The van der Waals surface area contributed by atoms with E-state index in [2.05, 4.69) is 115 Å². The zero-order valence-corrected chi connectivity index (χ0v) is 26.7. The smallest absolute Gasteiger partial charge is 0.157 e. The lowest BCUT2D eigenvalue weighted by Gasteiger charge is -2.11. The Labute approximate surface area is 283 Å². The van der Waals surface area contributed by atoms with Gasteiger partial charge in [0.15, 0.2) is 5.84 Å². The summed E-state index contributed by atoms with van der Waals surface area (Å²) in [5.41, 5.74) is 13.5. The summed E-state index contributed by atoms with van der Waals surface area (Å²) >= 11 is 0. The number of fused-ring (bicyclic) bond motifs is 7. The molecule has 0 saturated carbocycles. The van der Waals surface area contributed by atoms with Crippen LogP contribution in [0.2, 0.25) is 0 Å². The van der Waals surface area contributed by atoms with Crippen LogP contribution in [-0.4, -0.2) is 11.7 Å². The predicted octanol–water partition coefficient (Wildman–Crippen LogP) is 11.1. The Hall–Kier alpha value is -6.52. The summed E-state index contributed by atoms with van der Waals surface area (Å²) in [7, 11) is 0. The molecule has 0 aliphatic heterocycles. The van der Waals surface area contributed by atoms with Crippen LogP contribution in [0.15, 0.2) is 178 Å². The van der Waals surface area contributed by atoms with Gasteiger partial charge in [-0.2, -0.15) is 0 Å². The van der Waals surface area contributed by atoms with Crippen LogP contribution in [0.4, 0.5) is 0 Å². The zero-order valence-electron chi connectivity index (χ0n) is 26.7. The van der Waals surface area contributed by atoms with Gasteiger partial charge in [-0.05, 0) is 61.6 Å². The van der Waals surface area contributed by atoms with Crippen molar-refractivity contribution >= 4 is 65.9 Å². The molecule has 9 rings (SSSR count). The second-order valence-electron chi connectivity index (χ2n) is 12.3. The number of nitrogens with zero attached hydrogens (tertiary/aromatic N) is 2. The Bertz CT molecular complexity index is 2760. The van der Waals surface area contributed by atoms with Crippen molar-refractivity contribution in [3.8, 4) is 11.1 Å². The van der Waals surface area contributed by atoms with Crippen LogP contribution in [0.25, 0.3) is 65.4 Å². The highest BCUT2D eigenvalue weighted by Crippen LogP contribution is 2.41. The standard InChI is InChI=1S/C45H31N3O/c46-44(48-45(47-28-29-12-2-1-3-13-29)33-25-24-30-14-4-5-15-31(30)26-33)39-22-11-23-41-42(39)38-21-10-20-37(43(38)49-41)40-27-32-16-6-7-17-34(32)35-18-8-9-19-36(35)40/h1-27H,28H2,(H2,46,47,48). The summed E-state index contributed by atoms with van der Waals surface area (Å²) in [6.07, 6.45) is 0. The Morgan fingerprint density at radius 3 is 2.08 bits per heavy atom. The van der Waals surface area contributed by atoms with Crippen molar-refractivity contribution in [2.24, 2.45) is 15.7 Å². The van der Waals surface area contributed by atoms with E-state index in [4.69, 9.17) is 20.1 Å². The second kappa shape index (κ2) is 11.9. The number of amidine groups is 2. The summed E-state index contributed by atoms with van der Waals surface area (Å²) in [6, 6.07) is 56.6. The largest absolute Gasteiger partial charge is 0.455 e. The number of furan rings is 1. The molecule has 0 bridgehead atoms. The van der Waals surface area contributed by atoms with Crippen LogP contribution in [0, 0.1) is 0 Å². The average Bonchev–Trinajstić information content (AvgIpc) is 3.56. The molecular weight excluding hydrogens is 599 g/mol. The first-order valence-corrected chi connectivity index (χ1v) is 16.5. The van der Waals surface area contributed by atoms with E-state index in [1.54, 1.807) is 0 Å². The zero-order chi connectivity index (χ0) is 32.7. The molecule has 4 nitrogen and oxygen atoms in total. The third-order valence-corrected chi connectivity index (χ3v) is 9.35. The van der Waals surface area contributed by atoms with Gasteiger partial charge in [0.1, 0.15) is 17.0 Å². The van der Waals surface area contributed by atoms with Crippen molar-refractivity contribution in [1.29, 1.82) is 0 Å². The molecule has 9 aromatic rings. The molecule has 49 heavy (non-hydrogen) atoms. The quantitative estimate of drug-likeness (QED) is 0.117. The first-order valence-electron chi connectivity index (χ1n) is 16.5. The Kier molecular flexibility index (Phi) is 6.98. The molecule has 0 unspecified atom stereocenters. The van der Waals surface area contributed by atoms with E-state index in [9.17, 15) is 0 Å². The van der Waals surface area contributed by atoms with Gasteiger partial charge in [0.25, 0.3) is 0 Å². The molecule has 0 fully saturated rings. The van der Waals surface area contributed by atoms with E-state index >= 15 is 0 Å². The molecule has 0 spiro atoms. The van der Waals surface area contributed by atoms with E-state index < -0.39 is 0 Å². The maximum Gasteiger partial charge on any atom is 0.157 e.